The van der Waals surface area contributed by atoms with Gasteiger partial charge in [0.15, 0.2) is 0 Å². The molecule has 0 spiro atoms. The lowest BCUT2D eigenvalue weighted by Gasteiger charge is -2.39. The van der Waals surface area contributed by atoms with Gasteiger partial charge in [-0.1, -0.05) is 19.1 Å². The minimum absolute atomic E-state index is 0.0605. The molecule has 1 amide bonds. The lowest BCUT2D eigenvalue weighted by atomic mass is 9.97. The Morgan fingerprint density at radius 1 is 1.38 bits per heavy atom. The monoisotopic (exact) mass is 344 g/mol. The Labute approximate surface area is 139 Å². The van der Waals surface area contributed by atoms with Crippen LogP contribution in [-0.2, 0) is 11.2 Å². The van der Waals surface area contributed by atoms with Gasteiger partial charge < -0.3 is 15.4 Å². The first kappa shape index (κ1) is 18.6. The number of nitrogens with zero attached hydrogens (tertiary/aromatic N) is 1. The number of carbonyl (C=O) groups excluding carboxylic acids is 1. The molecule has 1 aromatic carbocycles. The van der Waals surface area contributed by atoms with Gasteiger partial charge in [-0.3, -0.25) is 4.79 Å². The number of nitrogens with two attached hydrogens (primary N) is 1. The van der Waals surface area contributed by atoms with Crippen LogP contribution in [0.1, 0.15) is 31.7 Å². The number of rotatable bonds is 5. The molecule has 1 aliphatic heterocycles. The zero-order valence-electron chi connectivity index (χ0n) is 13.7. The van der Waals surface area contributed by atoms with Crippen molar-refractivity contribution in [3.05, 3.63) is 29.8 Å². The number of piperidine rings is 1. The summed E-state index contributed by atoms with van der Waals surface area (Å²) in [5, 5.41) is 0. The van der Waals surface area contributed by atoms with E-state index in [1.165, 1.54) is 0 Å². The van der Waals surface area contributed by atoms with Crippen LogP contribution in [0.4, 0.5) is 13.2 Å². The molecular weight excluding hydrogens is 321 g/mol. The molecule has 0 radical (unpaired) electrons. The van der Waals surface area contributed by atoms with E-state index in [0.717, 1.165) is 11.3 Å². The zero-order chi connectivity index (χ0) is 17.7. The van der Waals surface area contributed by atoms with Crippen molar-refractivity contribution < 1.29 is 22.7 Å². The Bertz CT molecular complexity index is 563. The van der Waals surface area contributed by atoms with E-state index in [4.69, 9.17) is 10.5 Å². The topological polar surface area (TPSA) is 55.6 Å². The summed E-state index contributed by atoms with van der Waals surface area (Å²) in [5.41, 5.74) is 6.39. The second-order valence-electron chi connectivity index (χ2n) is 6.11. The second-order valence-corrected chi connectivity index (χ2v) is 6.11. The summed E-state index contributed by atoms with van der Waals surface area (Å²) in [6, 6.07) is 4.75. The first-order chi connectivity index (χ1) is 11.3. The zero-order valence-corrected chi connectivity index (χ0v) is 13.7. The quantitative estimate of drug-likeness (QED) is 0.894. The van der Waals surface area contributed by atoms with Gasteiger partial charge in [-0.25, -0.2) is 0 Å². The van der Waals surface area contributed by atoms with Gasteiger partial charge in [-0.15, -0.1) is 0 Å². The van der Waals surface area contributed by atoms with Crippen molar-refractivity contribution in [3.8, 4) is 5.75 Å². The van der Waals surface area contributed by atoms with Crippen molar-refractivity contribution in [2.24, 2.45) is 5.73 Å². The average molecular weight is 344 g/mol. The highest BCUT2D eigenvalue weighted by Crippen LogP contribution is 2.32. The Balaban J connectivity index is 2.09. The van der Waals surface area contributed by atoms with E-state index < -0.39 is 24.2 Å². The summed E-state index contributed by atoms with van der Waals surface area (Å²) in [5.74, 6) is 0.0602. The lowest BCUT2D eigenvalue weighted by molar-refractivity contribution is -0.196. The number of halogens is 3. The third kappa shape index (κ3) is 4.87. The molecule has 2 rings (SSSR count). The molecule has 0 saturated carbocycles. The molecule has 0 aromatic heterocycles. The number of likely N-dealkylation sites (tertiary alicyclic amines) is 1. The van der Waals surface area contributed by atoms with Crippen molar-refractivity contribution in [1.29, 1.82) is 0 Å². The van der Waals surface area contributed by atoms with Crippen LogP contribution in [0, 0.1) is 0 Å². The van der Waals surface area contributed by atoms with Crippen molar-refractivity contribution in [2.45, 2.75) is 50.9 Å². The van der Waals surface area contributed by atoms with Gasteiger partial charge in [-0.2, -0.15) is 13.2 Å². The van der Waals surface area contributed by atoms with E-state index in [2.05, 4.69) is 0 Å². The van der Waals surface area contributed by atoms with Gasteiger partial charge in [-0.05, 0) is 37.0 Å². The van der Waals surface area contributed by atoms with Crippen LogP contribution >= 0.6 is 0 Å². The van der Waals surface area contributed by atoms with Gasteiger partial charge in [0, 0.05) is 12.6 Å². The molecule has 1 aliphatic rings. The average Bonchev–Trinajstić information content (AvgIpc) is 2.52. The Kier molecular flexibility index (Phi) is 6.10. The van der Waals surface area contributed by atoms with Gasteiger partial charge in [0.25, 0.3) is 0 Å². The summed E-state index contributed by atoms with van der Waals surface area (Å²) in [6.45, 7) is 2.47. The fraction of sp³-hybridized carbons (Fsp3) is 0.588. The maximum atomic E-state index is 13.2. The molecule has 134 valence electrons. The molecule has 1 saturated heterocycles. The number of benzene rings is 1. The number of carbonyl (C=O) groups is 1. The normalized spacial score (nSPS) is 21.6. The van der Waals surface area contributed by atoms with Crippen molar-refractivity contribution in [1.82, 2.24) is 4.90 Å². The van der Waals surface area contributed by atoms with E-state index >= 15 is 0 Å². The first-order valence-corrected chi connectivity index (χ1v) is 8.14. The highest BCUT2D eigenvalue weighted by molar-refractivity contribution is 5.79. The molecule has 1 heterocycles. The largest absolute Gasteiger partial charge is 0.494 e. The third-order valence-corrected chi connectivity index (χ3v) is 4.04. The molecule has 1 fully saturated rings. The highest BCUT2D eigenvalue weighted by atomic mass is 19.4. The molecule has 0 aliphatic carbocycles. The molecule has 4 nitrogen and oxygen atoms in total. The number of amides is 1. The van der Waals surface area contributed by atoms with Crippen molar-refractivity contribution in [3.63, 3.8) is 0 Å². The lowest BCUT2D eigenvalue weighted by Crippen LogP contribution is -2.57. The maximum absolute atomic E-state index is 13.2. The predicted octanol–water partition coefficient (Wildman–Crippen LogP) is 2.90. The number of ether oxygens (including phenoxy) is 1. The van der Waals surface area contributed by atoms with E-state index in [1.807, 2.05) is 6.92 Å². The Morgan fingerprint density at radius 3 is 2.79 bits per heavy atom. The van der Waals surface area contributed by atoms with Crippen LogP contribution in [0.2, 0.25) is 0 Å². The molecule has 7 heteroatoms. The maximum Gasteiger partial charge on any atom is 0.408 e. The van der Waals surface area contributed by atoms with Gasteiger partial charge in [0.05, 0.1) is 13.0 Å². The first-order valence-electron chi connectivity index (χ1n) is 8.14. The van der Waals surface area contributed by atoms with E-state index in [0.29, 0.717) is 17.9 Å². The smallest absolute Gasteiger partial charge is 0.408 e. The fourth-order valence-electron chi connectivity index (χ4n) is 2.86. The number of hydrogen-bond donors (Lipinski definition) is 1. The minimum atomic E-state index is -4.43. The van der Waals surface area contributed by atoms with E-state index in [-0.39, 0.29) is 25.8 Å². The van der Waals surface area contributed by atoms with Crippen LogP contribution in [-0.4, -0.2) is 42.2 Å². The SMILES string of the molecule is CCCOc1cccc(CC(=O)N2CC(N)CCC2C(F)(F)F)c1. The summed E-state index contributed by atoms with van der Waals surface area (Å²) >= 11 is 0. The second kappa shape index (κ2) is 7.88. The van der Waals surface area contributed by atoms with Crippen LogP contribution < -0.4 is 10.5 Å². The standard InChI is InChI=1S/C17H23F3N2O2/c1-2-8-24-14-5-3-4-12(9-14)10-16(23)22-11-13(21)6-7-15(22)17(18,19)20/h3-5,9,13,15H,2,6-8,10-11,21H2,1H3. The molecule has 2 N–H and O–H groups in total. The number of hydrogen-bond acceptors (Lipinski definition) is 3. The summed E-state index contributed by atoms with van der Waals surface area (Å²) < 4.78 is 45.0. The summed E-state index contributed by atoms with van der Waals surface area (Å²) in [6.07, 6.45) is -3.54. The molecule has 24 heavy (non-hydrogen) atoms. The molecule has 2 unspecified atom stereocenters. The van der Waals surface area contributed by atoms with Crippen molar-refractivity contribution in [2.75, 3.05) is 13.2 Å². The van der Waals surface area contributed by atoms with Gasteiger partial charge in [0.2, 0.25) is 5.91 Å². The van der Waals surface area contributed by atoms with Crippen LogP contribution in [0.25, 0.3) is 0 Å². The predicted molar refractivity (Wildman–Crippen MR) is 84.7 cm³/mol. The van der Waals surface area contributed by atoms with Gasteiger partial charge >= 0.3 is 6.18 Å². The van der Waals surface area contributed by atoms with Crippen LogP contribution in [0.3, 0.4) is 0 Å². The number of alkyl halides is 3. The van der Waals surface area contributed by atoms with Gasteiger partial charge in [0.1, 0.15) is 11.8 Å². The molecule has 0 bridgehead atoms. The van der Waals surface area contributed by atoms with Crippen molar-refractivity contribution >= 4 is 5.91 Å². The van der Waals surface area contributed by atoms with Crippen LogP contribution in [0.15, 0.2) is 24.3 Å². The Hall–Kier alpha value is -1.76. The van der Waals surface area contributed by atoms with E-state index in [9.17, 15) is 18.0 Å². The summed E-state index contributed by atoms with van der Waals surface area (Å²) in [4.78, 5) is 13.3. The van der Waals surface area contributed by atoms with Crippen LogP contribution in [0.5, 0.6) is 5.75 Å². The Morgan fingerprint density at radius 2 is 2.12 bits per heavy atom. The molecule has 2 atom stereocenters. The minimum Gasteiger partial charge on any atom is -0.494 e. The highest BCUT2D eigenvalue weighted by Gasteiger charge is 2.47. The van der Waals surface area contributed by atoms with E-state index in [1.54, 1.807) is 24.3 Å². The fourth-order valence-corrected chi connectivity index (χ4v) is 2.86. The molecular formula is C17H23F3N2O2. The molecule has 1 aromatic rings. The third-order valence-electron chi connectivity index (χ3n) is 4.04. The summed E-state index contributed by atoms with van der Waals surface area (Å²) in [7, 11) is 0.